The Morgan fingerprint density at radius 1 is 0.882 bits per heavy atom. The Morgan fingerprint density at radius 3 is 1.59 bits per heavy atom. The van der Waals surface area contributed by atoms with Crippen molar-refractivity contribution < 1.29 is 8.42 Å². The number of pyridine rings is 1. The van der Waals surface area contributed by atoms with Gasteiger partial charge >= 0.3 is 0 Å². The van der Waals surface area contributed by atoms with Crippen LogP contribution in [-0.2, 0) is 9.84 Å². The van der Waals surface area contributed by atoms with E-state index < -0.39 is 9.84 Å². The number of hydrogen-bond acceptors (Lipinski definition) is 3. The van der Waals surface area contributed by atoms with Crippen LogP contribution < -0.4 is 0 Å². The summed E-state index contributed by atoms with van der Waals surface area (Å²) in [6, 6.07) is 5.72. The molecule has 3 nitrogen and oxygen atoms in total. The third kappa shape index (κ3) is 11.4. The molecule has 0 aliphatic rings. The zero-order valence-corrected chi connectivity index (χ0v) is 11.6. The quantitative estimate of drug-likeness (QED) is 0.786. The van der Waals surface area contributed by atoms with Crippen LogP contribution in [0.1, 0.15) is 39.5 Å². The number of rotatable bonds is 6. The lowest BCUT2D eigenvalue weighted by molar-refractivity contribution is 0.589. The van der Waals surface area contributed by atoms with E-state index in [9.17, 15) is 8.42 Å². The van der Waals surface area contributed by atoms with E-state index in [1.54, 1.807) is 12.4 Å². The van der Waals surface area contributed by atoms with Gasteiger partial charge in [-0.25, -0.2) is 8.42 Å². The van der Waals surface area contributed by atoms with Crippen molar-refractivity contribution in [3.05, 3.63) is 30.6 Å². The smallest absolute Gasteiger partial charge is 0.150 e. The van der Waals surface area contributed by atoms with Crippen molar-refractivity contribution in [1.29, 1.82) is 0 Å². The number of sulfone groups is 1. The van der Waals surface area contributed by atoms with Crippen molar-refractivity contribution in [2.24, 2.45) is 0 Å². The summed E-state index contributed by atoms with van der Waals surface area (Å²) in [5, 5.41) is 0. The van der Waals surface area contributed by atoms with Crippen LogP contribution in [0.3, 0.4) is 0 Å². The van der Waals surface area contributed by atoms with Crippen LogP contribution in [0, 0.1) is 0 Å². The molecule has 0 aliphatic carbocycles. The van der Waals surface area contributed by atoms with Crippen LogP contribution >= 0.6 is 0 Å². The number of nitrogens with zero attached hydrogens (tertiary/aromatic N) is 1. The van der Waals surface area contributed by atoms with E-state index >= 15 is 0 Å². The minimum Gasteiger partial charge on any atom is -0.265 e. The average Bonchev–Trinajstić information content (AvgIpc) is 2.37. The van der Waals surface area contributed by atoms with Gasteiger partial charge in [-0.05, 0) is 25.0 Å². The molecule has 0 N–H and O–H groups in total. The molecular weight excluding hydrogens is 234 g/mol. The molecule has 98 valence electrons. The van der Waals surface area contributed by atoms with Gasteiger partial charge in [0.1, 0.15) is 9.84 Å². The number of aromatic nitrogens is 1. The lowest BCUT2D eigenvalue weighted by Gasteiger charge is -2.00. The van der Waals surface area contributed by atoms with E-state index in [2.05, 4.69) is 4.98 Å². The van der Waals surface area contributed by atoms with Crippen LogP contribution in [0.5, 0.6) is 0 Å². The summed E-state index contributed by atoms with van der Waals surface area (Å²) in [5.41, 5.74) is 0. The van der Waals surface area contributed by atoms with E-state index in [0.29, 0.717) is 11.5 Å². The molecule has 0 atom stereocenters. The maximum atomic E-state index is 11.1. The van der Waals surface area contributed by atoms with Crippen LogP contribution in [0.25, 0.3) is 0 Å². The molecule has 4 heteroatoms. The predicted molar refractivity (Wildman–Crippen MR) is 72.7 cm³/mol. The molecule has 0 saturated heterocycles. The third-order valence-electron chi connectivity index (χ3n) is 2.18. The van der Waals surface area contributed by atoms with Crippen LogP contribution in [0.2, 0.25) is 0 Å². The maximum absolute atomic E-state index is 11.1. The molecule has 1 rings (SSSR count). The third-order valence-corrected chi connectivity index (χ3v) is 4.01. The summed E-state index contributed by atoms with van der Waals surface area (Å²) in [6.45, 7) is 4.02. The minimum atomic E-state index is -2.71. The fourth-order valence-electron chi connectivity index (χ4n) is 1.14. The highest BCUT2D eigenvalue weighted by molar-refractivity contribution is 7.91. The Balaban J connectivity index is 0.000000354. The standard InChI is InChI=1S/C8H18O2S.C5H5N/c1-3-5-7-11(9,10)8-6-4-2;1-2-4-6-5-3-1/h3-8H2,1-2H3;1-5H. The Kier molecular flexibility index (Phi) is 9.72. The molecule has 1 aromatic rings. The molecular formula is C13H23NO2S. The molecule has 0 unspecified atom stereocenters. The van der Waals surface area contributed by atoms with Gasteiger partial charge in [0.2, 0.25) is 0 Å². The summed E-state index contributed by atoms with van der Waals surface area (Å²) < 4.78 is 22.3. The summed E-state index contributed by atoms with van der Waals surface area (Å²) in [7, 11) is -2.71. The zero-order valence-electron chi connectivity index (χ0n) is 10.8. The molecule has 0 fully saturated rings. The Hall–Kier alpha value is -0.900. The highest BCUT2D eigenvalue weighted by Gasteiger charge is 2.07. The van der Waals surface area contributed by atoms with Gasteiger partial charge in [-0.3, -0.25) is 4.98 Å². The first-order valence-electron chi connectivity index (χ1n) is 6.17. The topological polar surface area (TPSA) is 47.0 Å². The second kappa shape index (κ2) is 10.3. The molecule has 0 radical (unpaired) electrons. The van der Waals surface area contributed by atoms with Gasteiger partial charge in [0.15, 0.2) is 0 Å². The van der Waals surface area contributed by atoms with Crippen molar-refractivity contribution in [1.82, 2.24) is 4.98 Å². The molecule has 0 bridgehead atoms. The first-order chi connectivity index (χ1) is 8.12. The van der Waals surface area contributed by atoms with E-state index in [4.69, 9.17) is 0 Å². The summed E-state index contributed by atoms with van der Waals surface area (Å²) in [5.74, 6) is 0.757. The summed E-state index contributed by atoms with van der Waals surface area (Å²) in [6.07, 6.45) is 7.05. The average molecular weight is 257 g/mol. The zero-order chi connectivity index (χ0) is 13.0. The molecule has 0 aliphatic heterocycles. The highest BCUT2D eigenvalue weighted by atomic mass is 32.2. The number of hydrogen-bond donors (Lipinski definition) is 0. The van der Waals surface area contributed by atoms with Crippen molar-refractivity contribution >= 4 is 9.84 Å². The maximum Gasteiger partial charge on any atom is 0.150 e. The molecule has 17 heavy (non-hydrogen) atoms. The van der Waals surface area contributed by atoms with Gasteiger partial charge in [0, 0.05) is 12.4 Å². The van der Waals surface area contributed by atoms with E-state index in [-0.39, 0.29) is 0 Å². The van der Waals surface area contributed by atoms with E-state index in [1.165, 1.54) is 0 Å². The predicted octanol–water partition coefficient (Wildman–Crippen LogP) is 3.08. The number of unbranched alkanes of at least 4 members (excludes halogenated alkanes) is 2. The lowest BCUT2D eigenvalue weighted by Crippen LogP contribution is -2.10. The molecule has 0 amide bonds. The molecule has 0 aromatic carbocycles. The summed E-state index contributed by atoms with van der Waals surface area (Å²) >= 11 is 0. The van der Waals surface area contributed by atoms with Crippen molar-refractivity contribution in [2.75, 3.05) is 11.5 Å². The molecule has 1 aromatic heterocycles. The molecule has 0 saturated carbocycles. The van der Waals surface area contributed by atoms with Crippen molar-refractivity contribution in [3.8, 4) is 0 Å². The first-order valence-corrected chi connectivity index (χ1v) is 8.00. The monoisotopic (exact) mass is 257 g/mol. The van der Waals surface area contributed by atoms with Gasteiger partial charge in [-0.1, -0.05) is 32.8 Å². The Morgan fingerprint density at radius 2 is 1.35 bits per heavy atom. The second-order valence-corrected chi connectivity index (χ2v) is 6.19. The Bertz CT molecular complexity index is 308. The van der Waals surface area contributed by atoms with Gasteiger partial charge in [-0.15, -0.1) is 0 Å². The van der Waals surface area contributed by atoms with Crippen LogP contribution in [-0.4, -0.2) is 24.9 Å². The minimum absolute atomic E-state index is 0.378. The second-order valence-electron chi connectivity index (χ2n) is 3.88. The van der Waals surface area contributed by atoms with Crippen LogP contribution in [0.4, 0.5) is 0 Å². The lowest BCUT2D eigenvalue weighted by atomic mass is 10.4. The van der Waals surface area contributed by atoms with Crippen molar-refractivity contribution in [2.45, 2.75) is 39.5 Å². The fourth-order valence-corrected chi connectivity index (χ4v) is 2.80. The van der Waals surface area contributed by atoms with E-state index in [1.807, 2.05) is 32.0 Å². The van der Waals surface area contributed by atoms with E-state index in [0.717, 1.165) is 25.7 Å². The Labute approximate surface area is 105 Å². The van der Waals surface area contributed by atoms with Gasteiger partial charge < -0.3 is 0 Å². The fraction of sp³-hybridized carbons (Fsp3) is 0.615. The van der Waals surface area contributed by atoms with Gasteiger partial charge in [-0.2, -0.15) is 0 Å². The summed E-state index contributed by atoms with van der Waals surface area (Å²) in [4.78, 5) is 3.78. The van der Waals surface area contributed by atoms with Crippen LogP contribution in [0.15, 0.2) is 30.6 Å². The van der Waals surface area contributed by atoms with Gasteiger partial charge in [0.05, 0.1) is 11.5 Å². The highest BCUT2D eigenvalue weighted by Crippen LogP contribution is 2.00. The molecule has 1 heterocycles. The first kappa shape index (κ1) is 16.1. The SMILES string of the molecule is CCCCS(=O)(=O)CCCC.c1ccncc1. The van der Waals surface area contributed by atoms with Gasteiger partial charge in [0.25, 0.3) is 0 Å². The normalized spacial score (nSPS) is 10.5. The molecule has 0 spiro atoms. The van der Waals surface area contributed by atoms with Crippen molar-refractivity contribution in [3.63, 3.8) is 0 Å². The largest absolute Gasteiger partial charge is 0.265 e.